The number of hydrogen-bond donors (Lipinski definition) is 0. The predicted octanol–water partition coefficient (Wildman–Crippen LogP) is 3.31. The summed E-state index contributed by atoms with van der Waals surface area (Å²) in [6.45, 7) is 8.72. The Balaban J connectivity index is 1.49. The summed E-state index contributed by atoms with van der Waals surface area (Å²) < 4.78 is 2.96. The van der Waals surface area contributed by atoms with E-state index in [1.54, 1.807) is 6.33 Å². The van der Waals surface area contributed by atoms with Gasteiger partial charge in [-0.05, 0) is 45.0 Å². The Bertz CT molecular complexity index is 1040. The number of nitrogens with zero attached hydrogens (tertiary/aromatic N) is 6. The van der Waals surface area contributed by atoms with Gasteiger partial charge in [-0.3, -0.25) is 9.36 Å². The van der Waals surface area contributed by atoms with Crippen molar-refractivity contribution in [3.8, 4) is 5.82 Å². The number of hydrogen-bond acceptors (Lipinski definition) is 5. The zero-order valence-corrected chi connectivity index (χ0v) is 18.3. The first-order chi connectivity index (χ1) is 13.9. The van der Waals surface area contributed by atoms with Crippen molar-refractivity contribution in [1.29, 1.82) is 0 Å². The predicted molar refractivity (Wildman–Crippen MR) is 116 cm³/mol. The highest BCUT2D eigenvalue weighted by atomic mass is 79.9. The maximum atomic E-state index is 12.7. The van der Waals surface area contributed by atoms with Crippen molar-refractivity contribution >= 4 is 27.7 Å². The van der Waals surface area contributed by atoms with E-state index in [0.717, 1.165) is 46.4 Å². The third-order valence-electron chi connectivity index (χ3n) is 5.29. The van der Waals surface area contributed by atoms with Crippen LogP contribution in [0.1, 0.15) is 27.6 Å². The maximum Gasteiger partial charge on any atom is 0.253 e. The Morgan fingerprint density at radius 1 is 0.966 bits per heavy atom. The lowest BCUT2D eigenvalue weighted by Gasteiger charge is -2.35. The van der Waals surface area contributed by atoms with E-state index in [-0.39, 0.29) is 5.91 Å². The third kappa shape index (κ3) is 4.03. The largest absolute Gasteiger partial charge is 0.353 e. The second-order valence-corrected chi connectivity index (χ2v) is 8.12. The molecule has 0 bridgehead atoms. The Hall–Kier alpha value is -2.74. The molecule has 0 radical (unpaired) electrons. The van der Waals surface area contributed by atoms with Crippen LogP contribution >= 0.6 is 15.9 Å². The lowest BCUT2D eigenvalue weighted by Crippen LogP contribution is -2.49. The molecule has 2 aromatic heterocycles. The van der Waals surface area contributed by atoms with E-state index in [1.807, 2.05) is 60.6 Å². The fourth-order valence-electron chi connectivity index (χ4n) is 3.47. The molecule has 7 nitrogen and oxygen atoms in total. The first kappa shape index (κ1) is 19.6. The van der Waals surface area contributed by atoms with Crippen LogP contribution in [0.5, 0.6) is 0 Å². The Labute approximate surface area is 178 Å². The molecule has 1 aromatic carbocycles. The molecule has 1 fully saturated rings. The van der Waals surface area contributed by atoms with Gasteiger partial charge in [0.05, 0.1) is 5.69 Å². The normalized spacial score (nSPS) is 14.3. The first-order valence-corrected chi connectivity index (χ1v) is 10.4. The minimum atomic E-state index is 0.0706. The van der Waals surface area contributed by atoms with Gasteiger partial charge in [0.15, 0.2) is 0 Å². The summed E-state index contributed by atoms with van der Waals surface area (Å²) in [6.07, 6.45) is 1.80. The molecule has 8 heteroatoms. The molecule has 1 aliphatic heterocycles. The van der Waals surface area contributed by atoms with Crippen LogP contribution in [0, 0.1) is 20.8 Å². The van der Waals surface area contributed by atoms with Gasteiger partial charge < -0.3 is 9.80 Å². The Morgan fingerprint density at radius 3 is 2.24 bits per heavy atom. The smallest absolute Gasteiger partial charge is 0.253 e. The van der Waals surface area contributed by atoms with Crippen LogP contribution in [0.3, 0.4) is 0 Å². The summed E-state index contributed by atoms with van der Waals surface area (Å²) in [7, 11) is 0. The van der Waals surface area contributed by atoms with Gasteiger partial charge in [-0.2, -0.15) is 0 Å². The number of amides is 1. The second kappa shape index (κ2) is 7.94. The number of aryl methyl sites for hydroxylation is 2. The highest BCUT2D eigenvalue weighted by molar-refractivity contribution is 9.10. The number of rotatable bonds is 3. The standard InChI is InChI=1S/C21H23BrN6O/c1-14-15(2)28(13-23-14)20-12-19(24-16(3)25-20)26-8-10-27(11-9-26)21(29)17-4-6-18(22)7-5-17/h4-7,12-13H,8-11H2,1-3H3. The molecule has 0 saturated carbocycles. The van der Waals surface area contributed by atoms with Gasteiger partial charge in [0.25, 0.3) is 5.91 Å². The number of anilines is 1. The molecule has 4 rings (SSSR count). The first-order valence-electron chi connectivity index (χ1n) is 9.59. The van der Waals surface area contributed by atoms with Gasteiger partial charge in [0.1, 0.15) is 23.8 Å². The van der Waals surface area contributed by atoms with Crippen LogP contribution in [0.2, 0.25) is 0 Å². The van der Waals surface area contributed by atoms with E-state index in [1.165, 1.54) is 0 Å². The van der Waals surface area contributed by atoms with E-state index >= 15 is 0 Å². The SMILES string of the molecule is Cc1nc(N2CCN(C(=O)c3ccc(Br)cc3)CC2)cc(-n2cnc(C)c2C)n1. The number of benzene rings is 1. The zero-order valence-electron chi connectivity index (χ0n) is 16.8. The Morgan fingerprint density at radius 2 is 1.62 bits per heavy atom. The summed E-state index contributed by atoms with van der Waals surface area (Å²) >= 11 is 3.41. The molecule has 0 unspecified atom stereocenters. The van der Waals surface area contributed by atoms with Crippen LogP contribution in [-0.2, 0) is 0 Å². The molecule has 3 aromatic rings. The van der Waals surface area contributed by atoms with Gasteiger partial charge in [0, 0.05) is 48.0 Å². The molecular formula is C21H23BrN6O. The van der Waals surface area contributed by atoms with Crippen molar-refractivity contribution in [2.24, 2.45) is 0 Å². The minimum absolute atomic E-state index is 0.0706. The molecule has 0 aliphatic carbocycles. The van der Waals surface area contributed by atoms with Crippen LogP contribution < -0.4 is 4.90 Å². The van der Waals surface area contributed by atoms with Crippen molar-refractivity contribution in [3.05, 3.63) is 63.9 Å². The van der Waals surface area contributed by atoms with Crippen molar-refractivity contribution in [2.75, 3.05) is 31.1 Å². The highest BCUT2D eigenvalue weighted by Crippen LogP contribution is 2.20. The molecule has 1 aliphatic rings. The number of carbonyl (C=O) groups excluding carboxylic acids is 1. The average molecular weight is 455 g/mol. The monoisotopic (exact) mass is 454 g/mol. The molecule has 0 N–H and O–H groups in total. The highest BCUT2D eigenvalue weighted by Gasteiger charge is 2.23. The van der Waals surface area contributed by atoms with Gasteiger partial charge in [-0.25, -0.2) is 15.0 Å². The van der Waals surface area contributed by atoms with E-state index < -0.39 is 0 Å². The minimum Gasteiger partial charge on any atom is -0.353 e. The summed E-state index contributed by atoms with van der Waals surface area (Å²) in [4.78, 5) is 30.4. The van der Waals surface area contributed by atoms with E-state index in [4.69, 9.17) is 0 Å². The molecule has 1 amide bonds. The van der Waals surface area contributed by atoms with E-state index in [0.29, 0.717) is 18.7 Å². The van der Waals surface area contributed by atoms with Crippen molar-refractivity contribution in [3.63, 3.8) is 0 Å². The second-order valence-electron chi connectivity index (χ2n) is 7.20. The maximum absolute atomic E-state index is 12.7. The summed E-state index contributed by atoms with van der Waals surface area (Å²) in [5, 5.41) is 0. The third-order valence-corrected chi connectivity index (χ3v) is 5.82. The summed E-state index contributed by atoms with van der Waals surface area (Å²) in [5.74, 6) is 2.49. The van der Waals surface area contributed by atoms with Gasteiger partial charge in [0.2, 0.25) is 0 Å². The van der Waals surface area contributed by atoms with Crippen LogP contribution in [0.25, 0.3) is 5.82 Å². The number of carbonyl (C=O) groups is 1. The molecule has 0 atom stereocenters. The average Bonchev–Trinajstić information content (AvgIpc) is 3.06. The molecule has 0 spiro atoms. The number of halogens is 1. The lowest BCUT2D eigenvalue weighted by molar-refractivity contribution is 0.0746. The molecule has 29 heavy (non-hydrogen) atoms. The molecule has 150 valence electrons. The summed E-state index contributed by atoms with van der Waals surface area (Å²) in [6, 6.07) is 9.50. The van der Waals surface area contributed by atoms with Crippen molar-refractivity contribution in [1.82, 2.24) is 24.4 Å². The van der Waals surface area contributed by atoms with Crippen molar-refractivity contribution in [2.45, 2.75) is 20.8 Å². The number of imidazole rings is 1. The zero-order chi connectivity index (χ0) is 20.5. The van der Waals surface area contributed by atoms with Crippen LogP contribution in [0.4, 0.5) is 5.82 Å². The van der Waals surface area contributed by atoms with Gasteiger partial charge in [-0.15, -0.1) is 0 Å². The molecule has 3 heterocycles. The fraction of sp³-hybridized carbons (Fsp3) is 0.333. The molecule has 1 saturated heterocycles. The van der Waals surface area contributed by atoms with Crippen molar-refractivity contribution < 1.29 is 4.79 Å². The summed E-state index contributed by atoms with van der Waals surface area (Å²) in [5.41, 5.74) is 2.77. The fourth-order valence-corrected chi connectivity index (χ4v) is 3.73. The van der Waals surface area contributed by atoms with Crippen LogP contribution in [0.15, 0.2) is 41.1 Å². The van der Waals surface area contributed by atoms with Gasteiger partial charge in [-0.1, -0.05) is 15.9 Å². The van der Waals surface area contributed by atoms with Crippen LogP contribution in [-0.4, -0.2) is 56.5 Å². The lowest BCUT2D eigenvalue weighted by atomic mass is 10.2. The topological polar surface area (TPSA) is 67.2 Å². The van der Waals surface area contributed by atoms with E-state index in [2.05, 4.69) is 35.8 Å². The quantitative estimate of drug-likeness (QED) is 0.607. The number of aromatic nitrogens is 4. The number of piperazine rings is 1. The molecular weight excluding hydrogens is 432 g/mol. The van der Waals surface area contributed by atoms with Gasteiger partial charge >= 0.3 is 0 Å². The Kier molecular flexibility index (Phi) is 5.36. The van der Waals surface area contributed by atoms with E-state index in [9.17, 15) is 4.79 Å².